The second kappa shape index (κ2) is 7.31. The molecule has 0 spiro atoms. The zero-order chi connectivity index (χ0) is 14.4. The lowest BCUT2D eigenvalue weighted by Crippen LogP contribution is -2.19. The fourth-order valence-electron chi connectivity index (χ4n) is 1.57. The van der Waals surface area contributed by atoms with Gasteiger partial charge in [0.15, 0.2) is 0 Å². The van der Waals surface area contributed by atoms with Crippen LogP contribution in [-0.4, -0.2) is 43.2 Å². The molecule has 1 aromatic rings. The Morgan fingerprint density at radius 3 is 2.74 bits per heavy atom. The van der Waals surface area contributed by atoms with Gasteiger partial charge in [0, 0.05) is 22.7 Å². The summed E-state index contributed by atoms with van der Waals surface area (Å²) in [6, 6.07) is 3.79. The van der Waals surface area contributed by atoms with Crippen LogP contribution < -0.4 is 4.74 Å². The van der Waals surface area contributed by atoms with Gasteiger partial charge in [-0.3, -0.25) is 0 Å². The van der Waals surface area contributed by atoms with Crippen molar-refractivity contribution < 1.29 is 14.6 Å². The van der Waals surface area contributed by atoms with Gasteiger partial charge >= 0.3 is 5.97 Å². The third-order valence-electron chi connectivity index (χ3n) is 2.46. The van der Waals surface area contributed by atoms with Crippen LogP contribution in [0.25, 0.3) is 6.08 Å². The Kier molecular flexibility index (Phi) is 6.05. The molecule has 0 heterocycles. The summed E-state index contributed by atoms with van der Waals surface area (Å²) in [5.41, 5.74) is 1.73. The molecule has 4 nitrogen and oxygen atoms in total. The first-order valence-corrected chi connectivity index (χ1v) is 6.68. The first-order chi connectivity index (χ1) is 8.90. The molecule has 0 fully saturated rings. The van der Waals surface area contributed by atoms with Crippen LogP contribution in [-0.2, 0) is 4.79 Å². The largest absolute Gasteiger partial charge is 0.491 e. The van der Waals surface area contributed by atoms with Crippen LogP contribution in [0.2, 0.25) is 0 Å². The molecule has 0 aliphatic carbocycles. The van der Waals surface area contributed by atoms with Gasteiger partial charge in [0.05, 0.1) is 0 Å². The summed E-state index contributed by atoms with van der Waals surface area (Å²) in [6.45, 7) is 3.30. The van der Waals surface area contributed by atoms with Gasteiger partial charge in [-0.1, -0.05) is 15.9 Å². The number of nitrogens with zero attached hydrogens (tertiary/aromatic N) is 1. The van der Waals surface area contributed by atoms with E-state index in [-0.39, 0.29) is 0 Å². The molecule has 19 heavy (non-hydrogen) atoms. The standard InChI is InChI=1S/C14H18BrNO3/c1-10-8-12(15)9-11(4-5-13(17)18)14(10)19-7-6-16(2)3/h4-5,8-9H,6-7H2,1-3H3,(H,17,18)/b5-4+. The van der Waals surface area contributed by atoms with E-state index in [0.29, 0.717) is 6.61 Å². The summed E-state index contributed by atoms with van der Waals surface area (Å²) in [6.07, 6.45) is 2.66. The highest BCUT2D eigenvalue weighted by molar-refractivity contribution is 9.10. The van der Waals surface area contributed by atoms with E-state index in [4.69, 9.17) is 9.84 Å². The number of aryl methyl sites for hydroxylation is 1. The summed E-state index contributed by atoms with van der Waals surface area (Å²) < 4.78 is 6.66. The van der Waals surface area contributed by atoms with Gasteiger partial charge in [0.2, 0.25) is 0 Å². The second-order valence-electron chi connectivity index (χ2n) is 4.46. The van der Waals surface area contributed by atoms with E-state index < -0.39 is 5.97 Å². The van der Waals surface area contributed by atoms with Crippen molar-refractivity contribution in [3.8, 4) is 5.75 Å². The van der Waals surface area contributed by atoms with E-state index in [0.717, 1.165) is 34.0 Å². The second-order valence-corrected chi connectivity index (χ2v) is 5.38. The molecular weight excluding hydrogens is 310 g/mol. The van der Waals surface area contributed by atoms with Crippen molar-refractivity contribution in [3.05, 3.63) is 33.8 Å². The maximum Gasteiger partial charge on any atom is 0.328 e. The van der Waals surface area contributed by atoms with Crippen LogP contribution in [0.4, 0.5) is 0 Å². The Bertz CT molecular complexity index is 484. The van der Waals surface area contributed by atoms with Crippen molar-refractivity contribution in [2.24, 2.45) is 0 Å². The topological polar surface area (TPSA) is 49.8 Å². The van der Waals surface area contributed by atoms with E-state index in [2.05, 4.69) is 15.9 Å². The number of carboxylic acid groups (broad SMARTS) is 1. The maximum absolute atomic E-state index is 10.6. The van der Waals surface area contributed by atoms with Gasteiger partial charge in [0.25, 0.3) is 0 Å². The number of halogens is 1. The summed E-state index contributed by atoms with van der Waals surface area (Å²) in [4.78, 5) is 12.6. The highest BCUT2D eigenvalue weighted by Crippen LogP contribution is 2.29. The first-order valence-electron chi connectivity index (χ1n) is 5.89. The number of benzene rings is 1. The number of carboxylic acids is 1. The lowest BCUT2D eigenvalue weighted by Gasteiger charge is -2.15. The molecule has 5 heteroatoms. The Hall–Kier alpha value is -1.33. The molecule has 0 aliphatic heterocycles. The van der Waals surface area contributed by atoms with Crippen molar-refractivity contribution in [3.63, 3.8) is 0 Å². The van der Waals surface area contributed by atoms with Crippen molar-refractivity contribution in [2.45, 2.75) is 6.92 Å². The molecule has 0 aromatic heterocycles. The first kappa shape index (κ1) is 15.7. The number of hydrogen-bond donors (Lipinski definition) is 1. The quantitative estimate of drug-likeness (QED) is 0.816. The van der Waals surface area contributed by atoms with E-state index in [1.165, 1.54) is 0 Å². The molecule has 0 saturated heterocycles. The van der Waals surface area contributed by atoms with Gasteiger partial charge in [-0.2, -0.15) is 0 Å². The van der Waals surface area contributed by atoms with E-state index in [1.54, 1.807) is 6.08 Å². The van der Waals surface area contributed by atoms with Gasteiger partial charge < -0.3 is 14.7 Å². The third kappa shape index (κ3) is 5.44. The monoisotopic (exact) mass is 327 g/mol. The Labute approximate surface area is 121 Å². The fraction of sp³-hybridized carbons (Fsp3) is 0.357. The molecule has 1 N–H and O–H groups in total. The zero-order valence-corrected chi connectivity index (χ0v) is 12.9. The smallest absolute Gasteiger partial charge is 0.328 e. The lowest BCUT2D eigenvalue weighted by molar-refractivity contribution is -0.131. The van der Waals surface area contributed by atoms with Crippen LogP contribution in [0, 0.1) is 6.92 Å². The highest BCUT2D eigenvalue weighted by atomic mass is 79.9. The van der Waals surface area contributed by atoms with Crippen molar-refractivity contribution >= 4 is 28.0 Å². The number of aliphatic carboxylic acids is 1. The minimum Gasteiger partial charge on any atom is -0.491 e. The summed E-state index contributed by atoms with van der Waals surface area (Å²) in [5, 5.41) is 8.71. The molecule has 1 aromatic carbocycles. The zero-order valence-electron chi connectivity index (χ0n) is 11.3. The number of rotatable bonds is 6. The average molecular weight is 328 g/mol. The van der Waals surface area contributed by atoms with Crippen molar-refractivity contribution in [1.82, 2.24) is 4.90 Å². The van der Waals surface area contributed by atoms with Crippen LogP contribution in [0.5, 0.6) is 5.75 Å². The van der Waals surface area contributed by atoms with Gasteiger partial charge in [0.1, 0.15) is 12.4 Å². The predicted molar refractivity (Wildman–Crippen MR) is 79.6 cm³/mol. The SMILES string of the molecule is Cc1cc(Br)cc(/C=C/C(=O)O)c1OCCN(C)C. The number of hydrogen-bond acceptors (Lipinski definition) is 3. The molecule has 0 bridgehead atoms. The maximum atomic E-state index is 10.6. The molecule has 0 saturated carbocycles. The van der Waals surface area contributed by atoms with E-state index >= 15 is 0 Å². The number of ether oxygens (including phenoxy) is 1. The average Bonchev–Trinajstić information content (AvgIpc) is 2.28. The minimum absolute atomic E-state index is 0.559. The Morgan fingerprint density at radius 1 is 1.47 bits per heavy atom. The van der Waals surface area contributed by atoms with Crippen molar-refractivity contribution in [2.75, 3.05) is 27.2 Å². The Morgan fingerprint density at radius 2 is 2.16 bits per heavy atom. The van der Waals surface area contributed by atoms with Crippen LogP contribution in [0.3, 0.4) is 0 Å². The number of likely N-dealkylation sites (N-methyl/N-ethyl adjacent to an activating group) is 1. The Balaban J connectivity index is 2.96. The molecule has 0 unspecified atom stereocenters. The van der Waals surface area contributed by atoms with Crippen LogP contribution in [0.1, 0.15) is 11.1 Å². The minimum atomic E-state index is -0.975. The van der Waals surface area contributed by atoms with Crippen LogP contribution in [0.15, 0.2) is 22.7 Å². The lowest BCUT2D eigenvalue weighted by atomic mass is 10.1. The molecule has 1 rings (SSSR count). The van der Waals surface area contributed by atoms with Crippen molar-refractivity contribution in [1.29, 1.82) is 0 Å². The van der Waals surface area contributed by atoms with Gasteiger partial charge in [-0.15, -0.1) is 0 Å². The van der Waals surface area contributed by atoms with Gasteiger partial charge in [-0.05, 0) is 44.8 Å². The third-order valence-corrected chi connectivity index (χ3v) is 2.92. The predicted octanol–water partition coefficient (Wildman–Crippen LogP) is 2.80. The molecule has 0 aliphatic rings. The van der Waals surface area contributed by atoms with Crippen LogP contribution >= 0.6 is 15.9 Å². The van der Waals surface area contributed by atoms with E-state index in [1.807, 2.05) is 38.1 Å². The summed E-state index contributed by atoms with van der Waals surface area (Å²) in [5.74, 6) is -0.251. The summed E-state index contributed by atoms with van der Waals surface area (Å²) >= 11 is 3.40. The highest BCUT2D eigenvalue weighted by Gasteiger charge is 2.07. The summed E-state index contributed by atoms with van der Waals surface area (Å²) in [7, 11) is 3.95. The normalized spacial score (nSPS) is 11.2. The molecule has 0 amide bonds. The van der Waals surface area contributed by atoms with Gasteiger partial charge in [-0.25, -0.2) is 4.79 Å². The van der Waals surface area contributed by atoms with E-state index in [9.17, 15) is 4.79 Å². The molecule has 0 radical (unpaired) electrons. The molecular formula is C14H18BrNO3. The fourth-order valence-corrected chi connectivity index (χ4v) is 2.16. The molecule has 0 atom stereocenters. The number of carbonyl (C=O) groups is 1. The molecule has 104 valence electrons.